The molecule has 1 aromatic heterocycles. The summed E-state index contributed by atoms with van der Waals surface area (Å²) in [5, 5.41) is 4.47. The number of rotatable bonds is 3. The Hall–Kier alpha value is -1.62. The number of piperidine rings is 1. The zero-order valence-electron chi connectivity index (χ0n) is 16.8. The van der Waals surface area contributed by atoms with Crippen molar-refractivity contribution in [3.05, 3.63) is 23.3 Å². The van der Waals surface area contributed by atoms with Crippen molar-refractivity contribution >= 4 is 32.6 Å². The van der Waals surface area contributed by atoms with Crippen LogP contribution in [0.4, 0.5) is 5.13 Å². The molecule has 4 rings (SSSR count). The van der Waals surface area contributed by atoms with Gasteiger partial charge in [-0.2, -0.15) is 0 Å². The molecule has 0 unspecified atom stereocenters. The monoisotopic (exact) mass is 385 g/mol. The normalized spacial score (nSPS) is 24.3. The van der Waals surface area contributed by atoms with Gasteiger partial charge >= 0.3 is 0 Å². The van der Waals surface area contributed by atoms with Gasteiger partial charge in [0, 0.05) is 25.0 Å². The van der Waals surface area contributed by atoms with Gasteiger partial charge in [-0.05, 0) is 62.6 Å². The van der Waals surface area contributed by atoms with Crippen molar-refractivity contribution in [1.82, 2.24) is 10.3 Å². The maximum atomic E-state index is 12.7. The number of fused-ring (bicyclic) bond motifs is 1. The summed E-state index contributed by atoms with van der Waals surface area (Å²) >= 11 is 1.78. The Morgan fingerprint density at radius 2 is 1.89 bits per heavy atom. The summed E-state index contributed by atoms with van der Waals surface area (Å²) in [6, 6.07) is 4.82. The summed E-state index contributed by atoms with van der Waals surface area (Å²) in [5.41, 5.74) is 3.68. The number of aromatic nitrogens is 1. The molecule has 1 aliphatic carbocycles. The summed E-state index contributed by atoms with van der Waals surface area (Å²) < 4.78 is 1.27. The third-order valence-corrected chi connectivity index (χ3v) is 7.46. The highest BCUT2D eigenvalue weighted by molar-refractivity contribution is 7.22. The van der Waals surface area contributed by atoms with Gasteiger partial charge in [-0.25, -0.2) is 4.98 Å². The molecule has 2 fully saturated rings. The van der Waals surface area contributed by atoms with E-state index >= 15 is 0 Å². The highest BCUT2D eigenvalue weighted by atomic mass is 32.1. The average Bonchev–Trinajstić information content (AvgIpc) is 3.08. The Bertz CT molecular complexity index is 822. The summed E-state index contributed by atoms with van der Waals surface area (Å²) in [4.78, 5) is 20.0. The summed E-state index contributed by atoms with van der Waals surface area (Å²) in [6.45, 7) is 8.42. The number of aryl methyl sites for hydroxylation is 2. The molecule has 1 saturated heterocycles. The number of amides is 1. The van der Waals surface area contributed by atoms with Gasteiger partial charge in [-0.1, -0.05) is 37.2 Å². The quantitative estimate of drug-likeness (QED) is 0.823. The fourth-order valence-electron chi connectivity index (χ4n) is 4.66. The molecule has 2 heterocycles. The van der Waals surface area contributed by atoms with E-state index in [2.05, 4.69) is 43.1 Å². The van der Waals surface area contributed by atoms with E-state index in [1.165, 1.54) is 35.1 Å². The minimum atomic E-state index is 0.161. The van der Waals surface area contributed by atoms with Gasteiger partial charge in [0.1, 0.15) is 0 Å². The van der Waals surface area contributed by atoms with Gasteiger partial charge in [-0.3, -0.25) is 4.79 Å². The number of anilines is 1. The summed E-state index contributed by atoms with van der Waals surface area (Å²) in [6.07, 6.45) is 6.83. The fourth-order valence-corrected chi connectivity index (χ4v) is 5.85. The minimum Gasteiger partial charge on any atom is -0.353 e. The van der Waals surface area contributed by atoms with Crippen molar-refractivity contribution in [2.75, 3.05) is 18.0 Å². The number of carbonyl (C=O) groups excluding carboxylic acids is 1. The van der Waals surface area contributed by atoms with E-state index in [4.69, 9.17) is 4.98 Å². The van der Waals surface area contributed by atoms with Gasteiger partial charge in [0.2, 0.25) is 5.91 Å². The van der Waals surface area contributed by atoms with Gasteiger partial charge < -0.3 is 10.2 Å². The van der Waals surface area contributed by atoms with Crippen LogP contribution in [-0.4, -0.2) is 30.0 Å². The van der Waals surface area contributed by atoms with Gasteiger partial charge in [0.05, 0.1) is 10.2 Å². The molecule has 0 spiro atoms. The third-order valence-electron chi connectivity index (χ3n) is 6.39. The lowest BCUT2D eigenvalue weighted by Gasteiger charge is -2.34. The van der Waals surface area contributed by atoms with Crippen LogP contribution in [-0.2, 0) is 4.79 Å². The number of thiazole rings is 1. The van der Waals surface area contributed by atoms with E-state index in [9.17, 15) is 4.79 Å². The van der Waals surface area contributed by atoms with E-state index in [0.29, 0.717) is 12.0 Å². The Morgan fingerprint density at radius 3 is 2.63 bits per heavy atom. The number of benzene rings is 1. The number of hydrogen-bond donors (Lipinski definition) is 1. The zero-order chi connectivity index (χ0) is 19.0. The van der Waals surface area contributed by atoms with Crippen LogP contribution in [0.2, 0.25) is 0 Å². The number of nitrogens with one attached hydrogen (secondary N) is 1. The predicted octanol–water partition coefficient (Wildman–Crippen LogP) is 4.82. The Kier molecular flexibility index (Phi) is 5.40. The molecule has 1 aromatic carbocycles. The van der Waals surface area contributed by atoms with Crippen LogP contribution in [0.25, 0.3) is 10.2 Å². The lowest BCUT2D eigenvalue weighted by atomic mass is 9.85. The molecule has 2 aromatic rings. The Labute approximate surface area is 166 Å². The molecule has 1 saturated carbocycles. The smallest absolute Gasteiger partial charge is 0.223 e. The van der Waals surface area contributed by atoms with Crippen LogP contribution in [0.3, 0.4) is 0 Å². The second-order valence-electron chi connectivity index (χ2n) is 8.56. The van der Waals surface area contributed by atoms with Crippen LogP contribution < -0.4 is 10.2 Å². The summed E-state index contributed by atoms with van der Waals surface area (Å²) in [7, 11) is 0. The van der Waals surface area contributed by atoms with Crippen molar-refractivity contribution < 1.29 is 4.79 Å². The lowest BCUT2D eigenvalue weighted by molar-refractivity contribution is -0.126. The van der Waals surface area contributed by atoms with Crippen molar-refractivity contribution in [3.63, 3.8) is 0 Å². The van der Waals surface area contributed by atoms with Crippen molar-refractivity contribution in [1.29, 1.82) is 0 Å². The number of hydrogen-bond acceptors (Lipinski definition) is 4. The molecule has 1 N–H and O–H groups in total. The van der Waals surface area contributed by atoms with E-state index in [1.807, 2.05) is 0 Å². The van der Waals surface area contributed by atoms with E-state index in [0.717, 1.165) is 43.0 Å². The molecule has 4 nitrogen and oxygen atoms in total. The highest BCUT2D eigenvalue weighted by Crippen LogP contribution is 2.34. The van der Waals surface area contributed by atoms with Gasteiger partial charge in [0.25, 0.3) is 0 Å². The minimum absolute atomic E-state index is 0.161. The lowest BCUT2D eigenvalue weighted by Crippen LogP contribution is -2.46. The second kappa shape index (κ2) is 7.78. The van der Waals surface area contributed by atoms with Crippen LogP contribution in [0.1, 0.15) is 56.6 Å². The first-order valence-corrected chi connectivity index (χ1v) is 11.3. The molecular formula is C22H31N3OS. The van der Waals surface area contributed by atoms with E-state index in [1.54, 1.807) is 11.3 Å². The predicted molar refractivity (Wildman–Crippen MR) is 114 cm³/mol. The van der Waals surface area contributed by atoms with E-state index < -0.39 is 0 Å². The molecule has 2 atom stereocenters. The average molecular weight is 386 g/mol. The highest BCUT2D eigenvalue weighted by Gasteiger charge is 2.30. The molecule has 1 aliphatic heterocycles. The van der Waals surface area contributed by atoms with Crippen molar-refractivity contribution in [2.45, 2.75) is 65.3 Å². The van der Waals surface area contributed by atoms with Crippen molar-refractivity contribution in [2.24, 2.45) is 11.8 Å². The molecule has 5 heteroatoms. The Morgan fingerprint density at radius 1 is 1.15 bits per heavy atom. The fraction of sp³-hybridized carbons (Fsp3) is 0.636. The largest absolute Gasteiger partial charge is 0.353 e. The number of nitrogens with zero attached hydrogens (tertiary/aromatic N) is 2. The van der Waals surface area contributed by atoms with Gasteiger partial charge in [-0.15, -0.1) is 0 Å². The maximum Gasteiger partial charge on any atom is 0.223 e. The first-order chi connectivity index (χ1) is 13.0. The van der Waals surface area contributed by atoms with Crippen LogP contribution in [0, 0.1) is 25.7 Å². The Balaban J connectivity index is 1.37. The summed E-state index contributed by atoms with van der Waals surface area (Å²) in [5.74, 6) is 1.06. The molecule has 0 radical (unpaired) electrons. The zero-order valence-corrected chi connectivity index (χ0v) is 17.6. The van der Waals surface area contributed by atoms with Gasteiger partial charge in [0.15, 0.2) is 5.13 Å². The van der Waals surface area contributed by atoms with Crippen LogP contribution in [0.5, 0.6) is 0 Å². The topological polar surface area (TPSA) is 45.2 Å². The molecule has 0 bridgehead atoms. The molecule has 146 valence electrons. The third kappa shape index (κ3) is 3.98. The van der Waals surface area contributed by atoms with Crippen molar-refractivity contribution in [3.8, 4) is 0 Å². The standard InChI is InChI=1S/C22H31N3OS/c1-14-12-16(3)20-19(13-14)27-22(24-20)25-10-8-17(9-11-25)21(26)23-18-7-5-4-6-15(18)2/h12-13,15,17-18H,4-11H2,1-3H3,(H,23,26)/t15-,18-/m1/s1. The first-order valence-electron chi connectivity index (χ1n) is 10.4. The molecular weight excluding hydrogens is 354 g/mol. The van der Waals surface area contributed by atoms with Crippen LogP contribution >= 0.6 is 11.3 Å². The molecule has 2 aliphatic rings. The SMILES string of the molecule is Cc1cc(C)c2nc(N3CCC(C(=O)N[C@@H]4CCCC[C@H]4C)CC3)sc2c1. The second-order valence-corrected chi connectivity index (χ2v) is 9.57. The number of carbonyl (C=O) groups is 1. The molecule has 27 heavy (non-hydrogen) atoms. The van der Waals surface area contributed by atoms with Crippen LogP contribution in [0.15, 0.2) is 12.1 Å². The molecule has 1 amide bonds. The first kappa shape index (κ1) is 18.7. The van der Waals surface area contributed by atoms with E-state index in [-0.39, 0.29) is 11.8 Å². The maximum absolute atomic E-state index is 12.7.